The maximum atomic E-state index is 10.2. The van der Waals surface area contributed by atoms with Crippen molar-refractivity contribution in [2.75, 3.05) is 6.61 Å². The second-order valence-electron chi connectivity index (χ2n) is 1.26. The molecule has 0 saturated heterocycles. The first-order valence-corrected chi connectivity index (χ1v) is 2.66. The van der Waals surface area contributed by atoms with E-state index in [2.05, 4.69) is 11.3 Å². The van der Waals surface area contributed by atoms with Gasteiger partial charge in [0.1, 0.15) is 0 Å². The number of hydrogen-bond acceptors (Lipinski definition) is 4. The van der Waals surface area contributed by atoms with Crippen LogP contribution in [-0.4, -0.2) is 29.3 Å². The average Bonchev–Trinajstić information content (AvgIpc) is 1.90. The SMILES string of the molecule is C=C(O)C(=O)OCC.O=[C]O. The Kier molecular flexibility index (Phi) is 9.39. The first-order chi connectivity index (χ1) is 5.09. The van der Waals surface area contributed by atoms with Gasteiger partial charge in [0, 0.05) is 0 Å². The summed E-state index contributed by atoms with van der Waals surface area (Å²) in [6.07, 6.45) is 0. The number of aliphatic hydroxyl groups is 1. The maximum Gasteiger partial charge on any atom is 0.414 e. The topological polar surface area (TPSA) is 83.8 Å². The summed E-state index contributed by atoms with van der Waals surface area (Å²) in [6.45, 7) is 5.37. The van der Waals surface area contributed by atoms with Crippen molar-refractivity contribution in [2.24, 2.45) is 0 Å². The van der Waals surface area contributed by atoms with Crippen LogP contribution in [0.2, 0.25) is 0 Å². The minimum absolute atomic E-state index is 0.262. The molecule has 0 bridgehead atoms. The van der Waals surface area contributed by atoms with Gasteiger partial charge in [-0.05, 0) is 13.5 Å². The van der Waals surface area contributed by atoms with E-state index < -0.39 is 11.7 Å². The molecule has 0 atom stereocenters. The smallest absolute Gasteiger partial charge is 0.414 e. The number of aliphatic hydroxyl groups excluding tert-OH is 2. The number of carbonyl (C=O) groups excluding carboxylic acids is 1. The van der Waals surface area contributed by atoms with E-state index in [-0.39, 0.29) is 6.61 Å². The van der Waals surface area contributed by atoms with Gasteiger partial charge in [-0.2, -0.15) is 0 Å². The van der Waals surface area contributed by atoms with E-state index in [0.29, 0.717) is 6.47 Å². The first kappa shape index (κ1) is 12.2. The Morgan fingerprint density at radius 3 is 2.18 bits per heavy atom. The van der Waals surface area contributed by atoms with Gasteiger partial charge in [-0.25, -0.2) is 9.59 Å². The van der Waals surface area contributed by atoms with Gasteiger partial charge in [-0.1, -0.05) is 0 Å². The van der Waals surface area contributed by atoms with Crippen LogP contribution >= 0.6 is 0 Å². The molecule has 0 aromatic carbocycles. The largest absolute Gasteiger partial charge is 0.502 e. The fraction of sp³-hybridized carbons (Fsp3) is 0.333. The van der Waals surface area contributed by atoms with E-state index in [1.807, 2.05) is 0 Å². The molecule has 0 heterocycles. The average molecular weight is 161 g/mol. The van der Waals surface area contributed by atoms with Crippen LogP contribution in [0.5, 0.6) is 0 Å². The Labute approximate surface area is 63.9 Å². The zero-order valence-corrected chi connectivity index (χ0v) is 6.03. The molecule has 63 valence electrons. The molecule has 0 aromatic rings. The van der Waals surface area contributed by atoms with E-state index >= 15 is 0 Å². The van der Waals surface area contributed by atoms with Crippen molar-refractivity contribution in [2.45, 2.75) is 6.92 Å². The molecule has 5 nitrogen and oxygen atoms in total. The minimum Gasteiger partial charge on any atom is -0.502 e. The van der Waals surface area contributed by atoms with Gasteiger partial charge in [0.05, 0.1) is 6.61 Å². The summed E-state index contributed by atoms with van der Waals surface area (Å²) in [5.74, 6) is -1.31. The van der Waals surface area contributed by atoms with E-state index in [0.717, 1.165) is 0 Å². The molecule has 0 spiro atoms. The molecule has 0 amide bonds. The van der Waals surface area contributed by atoms with Crippen LogP contribution in [0, 0.1) is 0 Å². The molecule has 0 aliphatic carbocycles. The van der Waals surface area contributed by atoms with Gasteiger partial charge < -0.3 is 14.9 Å². The molecule has 5 heteroatoms. The lowest BCUT2D eigenvalue weighted by Gasteiger charge is -1.95. The highest BCUT2D eigenvalue weighted by Crippen LogP contribution is 1.85. The van der Waals surface area contributed by atoms with Gasteiger partial charge in [0.25, 0.3) is 0 Å². The quantitative estimate of drug-likeness (QED) is 0.344. The van der Waals surface area contributed by atoms with E-state index in [1.54, 1.807) is 6.92 Å². The fourth-order valence-electron chi connectivity index (χ4n) is 0.214. The van der Waals surface area contributed by atoms with Gasteiger partial charge in [0.15, 0.2) is 5.76 Å². The van der Waals surface area contributed by atoms with Gasteiger partial charge in [0.2, 0.25) is 0 Å². The number of ether oxygens (including phenoxy) is 1. The summed E-state index contributed by atoms with van der Waals surface area (Å²) in [7, 11) is 0. The predicted molar refractivity (Wildman–Crippen MR) is 36.7 cm³/mol. The van der Waals surface area contributed by atoms with E-state index in [4.69, 9.17) is 15.0 Å². The second-order valence-corrected chi connectivity index (χ2v) is 1.26. The van der Waals surface area contributed by atoms with Crippen molar-refractivity contribution < 1.29 is 24.5 Å². The summed E-state index contributed by atoms with van der Waals surface area (Å²) >= 11 is 0. The first-order valence-electron chi connectivity index (χ1n) is 2.66. The van der Waals surface area contributed by atoms with Crippen molar-refractivity contribution in [1.29, 1.82) is 0 Å². The van der Waals surface area contributed by atoms with Crippen LogP contribution in [0.25, 0.3) is 0 Å². The molecule has 0 rings (SSSR count). The fourth-order valence-corrected chi connectivity index (χ4v) is 0.214. The molecule has 0 saturated carbocycles. The van der Waals surface area contributed by atoms with Crippen LogP contribution in [0.3, 0.4) is 0 Å². The van der Waals surface area contributed by atoms with Crippen molar-refractivity contribution in [3.63, 3.8) is 0 Å². The summed E-state index contributed by atoms with van der Waals surface area (Å²) < 4.78 is 4.31. The molecule has 0 unspecified atom stereocenters. The highest BCUT2D eigenvalue weighted by Gasteiger charge is 2.01. The summed E-state index contributed by atoms with van der Waals surface area (Å²) in [4.78, 5) is 18.4. The standard InChI is InChI=1S/C5H8O3.CHO2/c1-3-8-5(7)4(2)6;2-1-3/h6H,2-3H2,1H3;(H,2,3). The van der Waals surface area contributed by atoms with Crippen LogP contribution in [0.15, 0.2) is 12.3 Å². The highest BCUT2D eigenvalue weighted by atomic mass is 16.5. The Hall–Kier alpha value is -1.52. The maximum absolute atomic E-state index is 10.2. The van der Waals surface area contributed by atoms with Crippen molar-refractivity contribution in [3.05, 3.63) is 12.3 Å². The van der Waals surface area contributed by atoms with Crippen molar-refractivity contribution in [1.82, 2.24) is 0 Å². The number of carbonyl (C=O) groups is 1. The molecule has 0 aliphatic rings. The van der Waals surface area contributed by atoms with Crippen molar-refractivity contribution in [3.8, 4) is 0 Å². The third-order valence-corrected chi connectivity index (χ3v) is 0.511. The lowest BCUT2D eigenvalue weighted by atomic mass is 10.6. The van der Waals surface area contributed by atoms with Crippen LogP contribution in [-0.2, 0) is 14.3 Å². The van der Waals surface area contributed by atoms with Gasteiger partial charge in [-0.15, -0.1) is 0 Å². The lowest BCUT2D eigenvalue weighted by molar-refractivity contribution is -0.141. The number of esters is 1. The van der Waals surface area contributed by atoms with E-state index in [9.17, 15) is 4.79 Å². The third-order valence-electron chi connectivity index (χ3n) is 0.511. The zero-order valence-electron chi connectivity index (χ0n) is 6.03. The van der Waals surface area contributed by atoms with Gasteiger partial charge in [-0.3, -0.25) is 0 Å². The molecule has 0 aromatic heterocycles. The normalized spacial score (nSPS) is 7.00. The Bertz CT molecular complexity index is 140. The van der Waals surface area contributed by atoms with Crippen LogP contribution < -0.4 is 0 Å². The Morgan fingerprint density at radius 2 is 2.09 bits per heavy atom. The van der Waals surface area contributed by atoms with Crippen molar-refractivity contribution >= 4 is 12.4 Å². The third kappa shape index (κ3) is 11.9. The van der Waals surface area contributed by atoms with E-state index in [1.165, 1.54) is 0 Å². The predicted octanol–water partition coefficient (Wildman–Crippen LogP) is 0.233. The second kappa shape index (κ2) is 8.48. The summed E-state index contributed by atoms with van der Waals surface area (Å²) in [6, 6.07) is 0. The lowest BCUT2D eigenvalue weighted by Crippen LogP contribution is -2.05. The number of hydrogen-bond donors (Lipinski definition) is 2. The zero-order chi connectivity index (χ0) is 9.28. The molecule has 0 fully saturated rings. The van der Waals surface area contributed by atoms with Crippen LogP contribution in [0.4, 0.5) is 0 Å². The molecule has 2 N–H and O–H groups in total. The summed E-state index contributed by atoms with van der Waals surface area (Å²) in [5, 5.41) is 15.0. The Balaban J connectivity index is 0. The minimum atomic E-state index is -0.757. The van der Waals surface area contributed by atoms with Crippen LogP contribution in [0.1, 0.15) is 6.92 Å². The number of rotatable bonds is 2. The molecule has 11 heavy (non-hydrogen) atoms. The molecular formula is C6H9O5. The molecule has 0 aliphatic heterocycles. The molecule has 1 radical (unpaired) electrons. The highest BCUT2D eigenvalue weighted by molar-refractivity contribution is 5.84. The molecular weight excluding hydrogens is 152 g/mol. The Morgan fingerprint density at radius 1 is 1.73 bits per heavy atom. The summed E-state index contributed by atoms with van der Waals surface area (Å²) in [5.41, 5.74) is 0. The monoisotopic (exact) mass is 161 g/mol. The van der Waals surface area contributed by atoms with Gasteiger partial charge >= 0.3 is 12.4 Å².